The normalized spacial score (nSPS) is 21.4. The molecule has 9 heteroatoms. The van der Waals surface area contributed by atoms with E-state index in [0.29, 0.717) is 25.2 Å². The van der Waals surface area contributed by atoms with E-state index < -0.39 is 41.5 Å². The number of hydrogen-bond acceptors (Lipinski definition) is 2. The maximum Gasteiger partial charge on any atom is 0.416 e. The number of ether oxygens (including phenoxy) is 1. The Morgan fingerprint density at radius 2 is 1.45 bits per heavy atom. The monoisotopic (exact) mass is 421 g/mol. The minimum Gasteiger partial charge on any atom is -0.369 e. The predicted molar refractivity (Wildman–Crippen MR) is 91.7 cm³/mol. The summed E-state index contributed by atoms with van der Waals surface area (Å²) < 4.78 is 97.4. The second kappa shape index (κ2) is 7.95. The van der Waals surface area contributed by atoms with Gasteiger partial charge < -0.3 is 10.1 Å². The molecule has 29 heavy (non-hydrogen) atoms. The first-order valence-electron chi connectivity index (χ1n) is 8.86. The lowest BCUT2D eigenvalue weighted by Crippen LogP contribution is -2.23. The van der Waals surface area contributed by atoms with Gasteiger partial charge in [0.15, 0.2) is 0 Å². The van der Waals surface area contributed by atoms with Gasteiger partial charge in [-0.05, 0) is 48.4 Å². The van der Waals surface area contributed by atoms with Crippen molar-refractivity contribution in [3.63, 3.8) is 0 Å². The van der Waals surface area contributed by atoms with Crippen LogP contribution in [0.1, 0.15) is 41.2 Å². The van der Waals surface area contributed by atoms with Crippen molar-refractivity contribution in [2.45, 2.75) is 37.4 Å². The Hall–Kier alpha value is -2.13. The van der Waals surface area contributed by atoms with Crippen molar-refractivity contribution in [3.8, 4) is 0 Å². The van der Waals surface area contributed by atoms with Crippen molar-refractivity contribution in [1.29, 1.82) is 0 Å². The third kappa shape index (κ3) is 5.08. The summed E-state index contributed by atoms with van der Waals surface area (Å²) in [7, 11) is 0. The van der Waals surface area contributed by atoms with Crippen LogP contribution in [0.25, 0.3) is 0 Å². The second-order valence-electron chi connectivity index (χ2n) is 6.97. The highest BCUT2D eigenvalue weighted by atomic mass is 19.4. The number of nitrogens with one attached hydrogen (secondary N) is 1. The molecule has 1 N–H and O–H groups in total. The van der Waals surface area contributed by atoms with Gasteiger partial charge >= 0.3 is 12.4 Å². The molecule has 1 aliphatic heterocycles. The zero-order valence-corrected chi connectivity index (χ0v) is 15.2. The standard InChI is InChI=1S/C20H18F7NO/c1-11(13-6-14(19(22,23)24)8-15(7-13)20(25,26)27)29-18-10-28-9-17(18)12-2-4-16(21)5-3-12/h2-8,11,17-18,28H,9-10H2,1H3. The number of benzene rings is 2. The van der Waals surface area contributed by atoms with E-state index in [1.807, 2.05) is 0 Å². The molecule has 2 nitrogen and oxygen atoms in total. The SMILES string of the molecule is CC(OC1CNCC1c1ccc(F)cc1)c1cc(C(F)(F)F)cc(C(F)(F)F)c1. The van der Waals surface area contributed by atoms with Crippen molar-refractivity contribution in [3.05, 3.63) is 70.5 Å². The van der Waals surface area contributed by atoms with Crippen molar-refractivity contribution in [2.75, 3.05) is 13.1 Å². The van der Waals surface area contributed by atoms with E-state index in [-0.39, 0.29) is 17.5 Å². The zero-order valence-electron chi connectivity index (χ0n) is 15.2. The minimum absolute atomic E-state index is 0.0919. The molecule has 2 aromatic rings. The molecule has 158 valence electrons. The summed E-state index contributed by atoms with van der Waals surface area (Å²) >= 11 is 0. The molecule has 2 aromatic carbocycles. The highest BCUT2D eigenvalue weighted by molar-refractivity contribution is 5.35. The summed E-state index contributed by atoms with van der Waals surface area (Å²) in [5, 5.41) is 3.08. The fraction of sp³-hybridized carbons (Fsp3) is 0.400. The van der Waals surface area contributed by atoms with E-state index in [1.165, 1.54) is 19.1 Å². The molecule has 1 saturated heterocycles. The summed E-state index contributed by atoms with van der Waals surface area (Å²) in [6, 6.07) is 7.19. The second-order valence-corrected chi connectivity index (χ2v) is 6.97. The topological polar surface area (TPSA) is 21.3 Å². The van der Waals surface area contributed by atoms with Crippen LogP contribution >= 0.6 is 0 Å². The number of halogens is 7. The Balaban J connectivity index is 1.86. The Bertz CT molecular complexity index is 813. The largest absolute Gasteiger partial charge is 0.416 e. The van der Waals surface area contributed by atoms with E-state index in [9.17, 15) is 30.7 Å². The average molecular weight is 421 g/mol. The van der Waals surface area contributed by atoms with Gasteiger partial charge in [-0.1, -0.05) is 12.1 Å². The van der Waals surface area contributed by atoms with Crippen LogP contribution in [0.15, 0.2) is 42.5 Å². The van der Waals surface area contributed by atoms with E-state index >= 15 is 0 Å². The Kier molecular flexibility index (Phi) is 5.91. The highest BCUT2D eigenvalue weighted by Gasteiger charge is 2.38. The fourth-order valence-electron chi connectivity index (χ4n) is 3.39. The highest BCUT2D eigenvalue weighted by Crippen LogP contribution is 2.38. The van der Waals surface area contributed by atoms with Crippen LogP contribution < -0.4 is 5.32 Å². The Labute approximate surface area is 162 Å². The van der Waals surface area contributed by atoms with Gasteiger partial charge in [0, 0.05) is 19.0 Å². The molecule has 0 radical (unpaired) electrons. The summed E-state index contributed by atoms with van der Waals surface area (Å²) in [6.07, 6.45) is -11.3. The maximum atomic E-state index is 13.1. The van der Waals surface area contributed by atoms with Gasteiger partial charge in [0.1, 0.15) is 5.82 Å². The first-order valence-corrected chi connectivity index (χ1v) is 8.86. The quantitative estimate of drug-likeness (QED) is 0.640. The molecule has 3 atom stereocenters. The lowest BCUT2D eigenvalue weighted by Gasteiger charge is -2.25. The number of alkyl halides is 6. The molecule has 0 aliphatic carbocycles. The Morgan fingerprint density at radius 1 is 0.897 bits per heavy atom. The van der Waals surface area contributed by atoms with Crippen LogP contribution in [0.3, 0.4) is 0 Å². The van der Waals surface area contributed by atoms with Gasteiger partial charge in [-0.25, -0.2) is 4.39 Å². The van der Waals surface area contributed by atoms with Gasteiger partial charge in [0.05, 0.1) is 23.3 Å². The molecule has 0 saturated carbocycles. The van der Waals surface area contributed by atoms with E-state index in [2.05, 4.69) is 5.32 Å². The number of hydrogen-bond donors (Lipinski definition) is 1. The predicted octanol–water partition coefficient (Wildman–Crippen LogP) is 5.70. The summed E-state index contributed by atoms with van der Waals surface area (Å²) in [5.41, 5.74) is -2.19. The molecular weight excluding hydrogens is 403 g/mol. The van der Waals surface area contributed by atoms with Crippen molar-refractivity contribution in [2.24, 2.45) is 0 Å². The summed E-state index contributed by atoms with van der Waals surface area (Å²) in [5.74, 6) is -0.611. The van der Waals surface area contributed by atoms with Crippen molar-refractivity contribution < 1.29 is 35.5 Å². The van der Waals surface area contributed by atoms with Crippen LogP contribution in [-0.2, 0) is 17.1 Å². The third-order valence-electron chi connectivity index (χ3n) is 4.92. The molecule has 3 rings (SSSR count). The Morgan fingerprint density at radius 3 is 1.97 bits per heavy atom. The van der Waals surface area contributed by atoms with Gasteiger partial charge in [0.2, 0.25) is 0 Å². The van der Waals surface area contributed by atoms with Gasteiger partial charge in [-0.2, -0.15) is 26.3 Å². The van der Waals surface area contributed by atoms with E-state index in [1.54, 1.807) is 12.1 Å². The molecule has 0 spiro atoms. The molecule has 0 amide bonds. The average Bonchev–Trinajstić information content (AvgIpc) is 3.08. The molecule has 1 fully saturated rings. The molecule has 3 unspecified atom stereocenters. The van der Waals surface area contributed by atoms with Crippen LogP contribution in [0.5, 0.6) is 0 Å². The maximum absolute atomic E-state index is 13.1. The molecule has 1 heterocycles. The van der Waals surface area contributed by atoms with E-state index in [0.717, 1.165) is 5.56 Å². The van der Waals surface area contributed by atoms with Gasteiger partial charge in [-0.15, -0.1) is 0 Å². The van der Waals surface area contributed by atoms with Crippen LogP contribution in [0.4, 0.5) is 30.7 Å². The van der Waals surface area contributed by atoms with Gasteiger partial charge in [-0.3, -0.25) is 0 Å². The lowest BCUT2D eigenvalue weighted by atomic mass is 9.95. The van der Waals surface area contributed by atoms with Gasteiger partial charge in [0.25, 0.3) is 0 Å². The zero-order chi connectivity index (χ0) is 21.4. The lowest BCUT2D eigenvalue weighted by molar-refractivity contribution is -0.143. The van der Waals surface area contributed by atoms with Crippen LogP contribution in [0, 0.1) is 5.82 Å². The third-order valence-corrected chi connectivity index (χ3v) is 4.92. The first kappa shape index (κ1) is 21.6. The summed E-state index contributed by atoms with van der Waals surface area (Å²) in [6.45, 7) is 2.28. The van der Waals surface area contributed by atoms with Crippen molar-refractivity contribution >= 4 is 0 Å². The van der Waals surface area contributed by atoms with Crippen LogP contribution in [0.2, 0.25) is 0 Å². The number of rotatable bonds is 4. The first-order chi connectivity index (χ1) is 13.4. The fourth-order valence-corrected chi connectivity index (χ4v) is 3.39. The molecule has 0 aromatic heterocycles. The van der Waals surface area contributed by atoms with Crippen LogP contribution in [-0.4, -0.2) is 19.2 Å². The minimum atomic E-state index is -4.92. The summed E-state index contributed by atoms with van der Waals surface area (Å²) in [4.78, 5) is 0. The molecule has 0 bridgehead atoms. The van der Waals surface area contributed by atoms with Crippen molar-refractivity contribution in [1.82, 2.24) is 5.32 Å². The van der Waals surface area contributed by atoms with E-state index in [4.69, 9.17) is 4.74 Å². The molecule has 1 aliphatic rings. The molecular formula is C20H18F7NO. The smallest absolute Gasteiger partial charge is 0.369 e.